The third kappa shape index (κ3) is 12.4. The fourth-order valence-corrected chi connectivity index (χ4v) is 0. The first-order valence-corrected chi connectivity index (χ1v) is 0.983. The summed E-state index contributed by atoms with van der Waals surface area (Å²) in [5.74, 6) is 0. The maximum atomic E-state index is 4.04. The van der Waals surface area contributed by atoms with E-state index in [1.54, 1.807) is 0 Å². The van der Waals surface area contributed by atoms with Crippen LogP contribution < -0.4 is 18.9 Å². The van der Waals surface area contributed by atoms with Crippen molar-refractivity contribution in [3.63, 3.8) is 0 Å². The van der Waals surface area contributed by atoms with Gasteiger partial charge in [0.1, 0.15) is 0 Å². The third-order valence-corrected chi connectivity index (χ3v) is 0.167. The molecular formula is C2H7LiO2. The zero-order valence-corrected chi connectivity index (χ0v) is 3.82. The van der Waals surface area contributed by atoms with Crippen LogP contribution in [0.3, 0.4) is 0 Å². The summed E-state index contributed by atoms with van der Waals surface area (Å²) in [5.41, 5.74) is 0. The minimum absolute atomic E-state index is 0. The average Bonchev–Trinajstić information content (AvgIpc) is 1.37. The van der Waals surface area contributed by atoms with Crippen molar-refractivity contribution in [2.24, 2.45) is 0 Å². The maximum Gasteiger partial charge on any atom is 1.00 e. The normalized spacial score (nSPS) is 6.00. The average molecular weight is 70.0 g/mol. The zero-order valence-electron chi connectivity index (χ0n) is 4.82. The fraction of sp³-hybridized carbons (Fsp3) is 1.00. The number of rotatable bonds is 1. The molecule has 0 aromatic carbocycles. The Kier molecular flexibility index (Phi) is 16.1. The van der Waals surface area contributed by atoms with E-state index in [0.29, 0.717) is 0 Å². The Morgan fingerprint density at radius 1 is 1.20 bits per heavy atom. The van der Waals surface area contributed by atoms with Crippen LogP contribution in [-0.2, 0) is 9.78 Å². The van der Waals surface area contributed by atoms with Gasteiger partial charge in [-0.3, -0.25) is 0 Å². The van der Waals surface area contributed by atoms with E-state index >= 15 is 0 Å². The van der Waals surface area contributed by atoms with Gasteiger partial charge in [0.05, 0.1) is 14.2 Å². The summed E-state index contributed by atoms with van der Waals surface area (Å²) in [6.45, 7) is 0. The van der Waals surface area contributed by atoms with Gasteiger partial charge >= 0.3 is 18.9 Å². The molecule has 2 nitrogen and oxygen atoms in total. The molecule has 0 aromatic rings. The van der Waals surface area contributed by atoms with Gasteiger partial charge < -0.3 is 1.43 Å². The van der Waals surface area contributed by atoms with E-state index in [-0.39, 0.29) is 20.3 Å². The van der Waals surface area contributed by atoms with Gasteiger partial charge in [-0.05, 0) is 0 Å². The van der Waals surface area contributed by atoms with Crippen LogP contribution in [0.25, 0.3) is 0 Å². The van der Waals surface area contributed by atoms with Crippen LogP contribution in [0.2, 0.25) is 0 Å². The van der Waals surface area contributed by atoms with Gasteiger partial charge in [-0.15, -0.1) is 0 Å². The number of hydrogen-bond acceptors (Lipinski definition) is 2. The van der Waals surface area contributed by atoms with Crippen LogP contribution in [0.1, 0.15) is 1.43 Å². The van der Waals surface area contributed by atoms with E-state index in [0.717, 1.165) is 0 Å². The van der Waals surface area contributed by atoms with Gasteiger partial charge in [-0.1, -0.05) is 0 Å². The first kappa shape index (κ1) is 9.10. The second-order valence-corrected chi connectivity index (χ2v) is 0.333. The van der Waals surface area contributed by atoms with Crippen molar-refractivity contribution in [2.75, 3.05) is 14.2 Å². The summed E-state index contributed by atoms with van der Waals surface area (Å²) in [6.07, 6.45) is 0. The zero-order chi connectivity index (χ0) is 3.41. The molecule has 0 radical (unpaired) electrons. The predicted octanol–water partition coefficient (Wildman–Crippen LogP) is -2.69. The van der Waals surface area contributed by atoms with Crippen LogP contribution in [0.15, 0.2) is 0 Å². The van der Waals surface area contributed by atoms with E-state index in [1.165, 1.54) is 14.2 Å². The first-order chi connectivity index (χ1) is 1.91. The van der Waals surface area contributed by atoms with E-state index in [4.69, 9.17) is 0 Å². The van der Waals surface area contributed by atoms with Crippen LogP contribution in [0.4, 0.5) is 0 Å². The molecule has 0 spiro atoms. The van der Waals surface area contributed by atoms with Crippen molar-refractivity contribution < 1.29 is 30.1 Å². The van der Waals surface area contributed by atoms with Gasteiger partial charge in [0, 0.05) is 0 Å². The maximum absolute atomic E-state index is 4.04. The van der Waals surface area contributed by atoms with Gasteiger partial charge in [0.25, 0.3) is 0 Å². The molecule has 0 rings (SSSR count). The Morgan fingerprint density at radius 3 is 1.40 bits per heavy atom. The van der Waals surface area contributed by atoms with Crippen molar-refractivity contribution in [3.8, 4) is 0 Å². The monoisotopic (exact) mass is 70.1 g/mol. The van der Waals surface area contributed by atoms with Gasteiger partial charge in [-0.2, -0.15) is 0 Å². The topological polar surface area (TPSA) is 18.5 Å². The molecule has 0 aromatic heterocycles. The van der Waals surface area contributed by atoms with Crippen LogP contribution in [0, 0.1) is 0 Å². The van der Waals surface area contributed by atoms with E-state index in [1.807, 2.05) is 0 Å². The summed E-state index contributed by atoms with van der Waals surface area (Å²) in [6, 6.07) is 0. The Balaban J connectivity index is -0.0000000450. The van der Waals surface area contributed by atoms with Crippen molar-refractivity contribution in [2.45, 2.75) is 0 Å². The molecule has 0 aliphatic carbocycles. The second kappa shape index (κ2) is 8.82. The summed E-state index contributed by atoms with van der Waals surface area (Å²) >= 11 is 0. The molecule has 5 heavy (non-hydrogen) atoms. The summed E-state index contributed by atoms with van der Waals surface area (Å²) < 4.78 is 0. The van der Waals surface area contributed by atoms with Crippen LogP contribution in [-0.4, -0.2) is 14.2 Å². The van der Waals surface area contributed by atoms with Crippen molar-refractivity contribution >= 4 is 0 Å². The molecule has 3 heteroatoms. The SMILES string of the molecule is COOC.[H-].[Li+]. The Labute approximate surface area is 45.0 Å². The van der Waals surface area contributed by atoms with Gasteiger partial charge in [0.15, 0.2) is 0 Å². The van der Waals surface area contributed by atoms with Crippen molar-refractivity contribution in [1.82, 2.24) is 0 Å². The summed E-state index contributed by atoms with van der Waals surface area (Å²) in [5, 5.41) is 0. The largest absolute Gasteiger partial charge is 1.00 e. The van der Waals surface area contributed by atoms with Crippen molar-refractivity contribution in [1.29, 1.82) is 0 Å². The Bertz CT molecular complexity index is 13.5. The van der Waals surface area contributed by atoms with E-state index < -0.39 is 0 Å². The van der Waals surface area contributed by atoms with Crippen molar-refractivity contribution in [3.05, 3.63) is 0 Å². The molecule has 0 aliphatic rings. The number of hydrogen-bond donors (Lipinski definition) is 0. The van der Waals surface area contributed by atoms with Crippen LogP contribution in [0.5, 0.6) is 0 Å². The molecule has 0 aliphatic heterocycles. The van der Waals surface area contributed by atoms with E-state index in [9.17, 15) is 0 Å². The molecule has 0 saturated heterocycles. The molecule has 0 fully saturated rings. The summed E-state index contributed by atoms with van der Waals surface area (Å²) in [7, 11) is 2.92. The molecule has 0 amide bonds. The molecule has 28 valence electrons. The summed E-state index contributed by atoms with van der Waals surface area (Å²) in [4.78, 5) is 8.08. The van der Waals surface area contributed by atoms with Gasteiger partial charge in [0.2, 0.25) is 0 Å². The minimum Gasteiger partial charge on any atom is -1.00 e. The molecule has 0 atom stereocenters. The smallest absolute Gasteiger partial charge is 1.00 e. The second-order valence-electron chi connectivity index (χ2n) is 0.333. The molecule has 0 unspecified atom stereocenters. The third-order valence-electron chi connectivity index (χ3n) is 0.167. The fourth-order valence-electron chi connectivity index (χ4n) is 0. The molecule has 0 saturated carbocycles. The molecular weight excluding hydrogens is 63.0 g/mol. The Hall–Kier alpha value is 0.517. The van der Waals surface area contributed by atoms with Gasteiger partial charge in [-0.25, -0.2) is 9.78 Å². The molecule has 0 bridgehead atoms. The quantitative estimate of drug-likeness (QED) is 0.190. The predicted molar refractivity (Wildman–Crippen MR) is 15.1 cm³/mol. The van der Waals surface area contributed by atoms with Crippen LogP contribution >= 0.6 is 0 Å². The molecule has 0 heterocycles. The first-order valence-electron chi connectivity index (χ1n) is 0.983. The standard InChI is InChI=1S/C2H6O2.Li.H/c1-3-4-2;;/h1-2H3;;/q;+1;-1. The molecule has 0 N–H and O–H groups in total. The Morgan fingerprint density at radius 2 is 1.40 bits per heavy atom. The minimum atomic E-state index is 0. The van der Waals surface area contributed by atoms with E-state index in [2.05, 4.69) is 9.78 Å².